The number of halogens is 7. The normalized spacial score (nSPS) is 11.4. The summed E-state index contributed by atoms with van der Waals surface area (Å²) in [5, 5.41) is 0. The summed E-state index contributed by atoms with van der Waals surface area (Å²) in [6.45, 7) is 0. The fourth-order valence-electron chi connectivity index (χ4n) is 0.800. The minimum absolute atomic E-state index is 0. The maximum atomic E-state index is 12.0. The third-order valence-electron chi connectivity index (χ3n) is 1.41. The quantitative estimate of drug-likeness (QED) is 0.363. The van der Waals surface area contributed by atoms with Crippen LogP contribution in [0.25, 0.3) is 0 Å². The van der Waals surface area contributed by atoms with E-state index >= 15 is 0 Å². The molecule has 0 amide bonds. The topological polar surface area (TPSA) is 0 Å². The first-order chi connectivity index (χ1) is 6.21. The average Bonchev–Trinajstić information content (AvgIpc) is 2.01. The zero-order chi connectivity index (χ0) is 11.0. The number of hydrogen-bond donors (Lipinski definition) is 0. The van der Waals surface area contributed by atoms with Crippen LogP contribution in [0.2, 0.25) is 0 Å². The molecule has 86 valence electrons. The number of rotatable bonds is 0. The van der Waals surface area contributed by atoms with Crippen LogP contribution in [0.4, 0.5) is 26.3 Å². The molecule has 0 N–H and O–H groups in total. The van der Waals surface area contributed by atoms with Crippen molar-refractivity contribution in [3.63, 3.8) is 0 Å². The Morgan fingerprint density at radius 3 is 1.38 bits per heavy atom. The van der Waals surface area contributed by atoms with E-state index in [4.69, 9.17) is 0 Å². The van der Waals surface area contributed by atoms with Gasteiger partial charge in [-0.05, 0) is 0 Å². The van der Waals surface area contributed by atoms with Gasteiger partial charge < -0.3 is 17.0 Å². The molecule has 0 aliphatic rings. The van der Waals surface area contributed by atoms with Gasteiger partial charge in [-0.25, -0.2) is 0 Å². The first-order valence-corrected chi connectivity index (χ1v) is 3.38. The van der Waals surface area contributed by atoms with Gasteiger partial charge in [0, 0.05) is 0 Å². The predicted octanol–water partition coefficient (Wildman–Crippen LogP) is 0.148. The second-order valence-corrected chi connectivity index (χ2v) is 2.47. The Labute approximate surface area is 114 Å². The van der Waals surface area contributed by atoms with Crippen molar-refractivity contribution in [1.82, 2.24) is 0 Å². The summed E-state index contributed by atoms with van der Waals surface area (Å²) in [6, 6.07) is 3.04. The van der Waals surface area contributed by atoms with Crippen molar-refractivity contribution in [3.8, 4) is 0 Å². The van der Waals surface area contributed by atoms with E-state index in [1.807, 2.05) is 0 Å². The first-order valence-electron chi connectivity index (χ1n) is 3.38. The Bertz CT molecular complexity index is 303. The molecule has 0 saturated carbocycles. The number of alkyl halides is 6. The van der Waals surface area contributed by atoms with Crippen LogP contribution in [0.15, 0.2) is 18.2 Å². The maximum absolute atomic E-state index is 12.0. The molecule has 0 nitrogen and oxygen atoms in total. The Balaban J connectivity index is 0. The van der Waals surface area contributed by atoms with E-state index in [0.717, 1.165) is 0 Å². The Morgan fingerprint density at radius 2 is 1.12 bits per heavy atom. The van der Waals surface area contributed by atoms with E-state index in [0.29, 0.717) is 18.2 Å². The van der Waals surface area contributed by atoms with Gasteiger partial charge in [-0.15, -0.1) is 0 Å². The van der Waals surface area contributed by atoms with Crippen LogP contribution in [0.3, 0.4) is 0 Å². The van der Waals surface area contributed by atoms with Crippen molar-refractivity contribution in [2.45, 2.75) is 12.4 Å². The molecular formula is C8H3BrF6Mg. The molecule has 0 spiro atoms. The van der Waals surface area contributed by atoms with Crippen LogP contribution in [0, 0.1) is 6.07 Å². The van der Waals surface area contributed by atoms with Gasteiger partial charge in [-0.1, -0.05) is 11.1 Å². The third-order valence-corrected chi connectivity index (χ3v) is 1.41. The molecule has 0 heterocycles. The van der Waals surface area contributed by atoms with Crippen molar-refractivity contribution >= 4 is 23.1 Å². The summed E-state index contributed by atoms with van der Waals surface area (Å²) in [5.74, 6) is 0. The van der Waals surface area contributed by atoms with Gasteiger partial charge in [-0.2, -0.15) is 50.6 Å². The summed E-state index contributed by atoms with van der Waals surface area (Å²) >= 11 is 0. The Morgan fingerprint density at radius 1 is 0.812 bits per heavy atom. The van der Waals surface area contributed by atoms with E-state index in [9.17, 15) is 26.3 Å². The molecule has 0 aromatic heterocycles. The van der Waals surface area contributed by atoms with Gasteiger partial charge in [0.1, 0.15) is 0 Å². The van der Waals surface area contributed by atoms with Gasteiger partial charge >= 0.3 is 35.4 Å². The Hall–Kier alpha value is 0.0462. The zero-order valence-electron chi connectivity index (χ0n) is 7.58. The fraction of sp³-hybridized carbons (Fsp3) is 0.250. The molecule has 0 bridgehead atoms. The van der Waals surface area contributed by atoms with E-state index in [2.05, 4.69) is 0 Å². The zero-order valence-corrected chi connectivity index (χ0v) is 10.6. The van der Waals surface area contributed by atoms with E-state index in [1.165, 1.54) is 6.07 Å². The van der Waals surface area contributed by atoms with E-state index in [1.54, 1.807) is 0 Å². The molecule has 0 radical (unpaired) electrons. The van der Waals surface area contributed by atoms with Crippen LogP contribution >= 0.6 is 0 Å². The number of benzene rings is 1. The molecule has 0 aliphatic heterocycles. The van der Waals surface area contributed by atoms with Gasteiger partial charge in [-0.3, -0.25) is 0 Å². The first kappa shape index (κ1) is 18.4. The largest absolute Gasteiger partial charge is 2.00 e. The minimum atomic E-state index is -4.80. The molecule has 16 heavy (non-hydrogen) atoms. The summed E-state index contributed by atoms with van der Waals surface area (Å²) in [7, 11) is 0. The van der Waals surface area contributed by atoms with E-state index in [-0.39, 0.29) is 40.0 Å². The molecule has 0 aliphatic carbocycles. The van der Waals surface area contributed by atoms with Crippen molar-refractivity contribution in [2.75, 3.05) is 0 Å². The van der Waals surface area contributed by atoms with Crippen molar-refractivity contribution in [2.24, 2.45) is 0 Å². The van der Waals surface area contributed by atoms with Gasteiger partial charge in [0.15, 0.2) is 0 Å². The standard InChI is InChI=1S/C8H3F6.BrH.Mg/c9-7(10,11)5-2-1-3-6(4-5)8(12,13)14;;/h1-3H;1H;/q-1;;+2/p-1. The van der Waals surface area contributed by atoms with Crippen LogP contribution in [-0.2, 0) is 12.4 Å². The second-order valence-electron chi connectivity index (χ2n) is 2.47. The van der Waals surface area contributed by atoms with Crippen molar-refractivity contribution < 1.29 is 43.3 Å². The SMILES string of the molecule is FC(F)(F)c1[c-]c(C(F)(F)F)ccc1.[Br-].[Mg+2]. The van der Waals surface area contributed by atoms with Crippen molar-refractivity contribution in [1.29, 1.82) is 0 Å². The van der Waals surface area contributed by atoms with Gasteiger partial charge in [0.25, 0.3) is 0 Å². The fourth-order valence-corrected chi connectivity index (χ4v) is 0.800. The molecule has 0 fully saturated rings. The summed E-state index contributed by atoms with van der Waals surface area (Å²) in [4.78, 5) is 0. The average molecular weight is 317 g/mol. The molecule has 1 aromatic rings. The van der Waals surface area contributed by atoms with Crippen LogP contribution in [0.5, 0.6) is 0 Å². The summed E-state index contributed by atoms with van der Waals surface area (Å²) in [5.41, 5.74) is -2.85. The predicted molar refractivity (Wildman–Crippen MR) is 41.0 cm³/mol. The number of hydrogen-bond acceptors (Lipinski definition) is 0. The molecule has 0 unspecified atom stereocenters. The molecule has 0 saturated heterocycles. The van der Waals surface area contributed by atoms with Gasteiger partial charge in [0.2, 0.25) is 0 Å². The smallest absolute Gasteiger partial charge is 1.00 e. The van der Waals surface area contributed by atoms with Crippen molar-refractivity contribution in [3.05, 3.63) is 35.4 Å². The van der Waals surface area contributed by atoms with Crippen LogP contribution < -0.4 is 17.0 Å². The molecule has 0 atom stereocenters. The van der Waals surface area contributed by atoms with Crippen LogP contribution in [0.1, 0.15) is 11.1 Å². The van der Waals surface area contributed by atoms with E-state index < -0.39 is 23.5 Å². The minimum Gasteiger partial charge on any atom is -1.00 e. The molecule has 8 heteroatoms. The van der Waals surface area contributed by atoms with Crippen LogP contribution in [-0.4, -0.2) is 23.1 Å². The third kappa shape index (κ3) is 4.92. The summed E-state index contributed by atoms with van der Waals surface area (Å²) in [6.07, 6.45) is -9.61. The second kappa shape index (κ2) is 6.11. The molecule has 1 rings (SSSR count). The summed E-state index contributed by atoms with van der Waals surface area (Å²) < 4.78 is 71.7. The molecule has 1 aromatic carbocycles. The maximum Gasteiger partial charge on any atom is 2.00 e. The van der Waals surface area contributed by atoms with Gasteiger partial charge in [0.05, 0.1) is 0 Å². The Kier molecular flexibility index (Phi) is 7.03. The molecular weight excluding hydrogens is 314 g/mol. The monoisotopic (exact) mass is 316 g/mol.